The Morgan fingerprint density at radius 1 is 1.09 bits per heavy atom. The van der Waals surface area contributed by atoms with Gasteiger partial charge in [0.2, 0.25) is 21.8 Å². The summed E-state index contributed by atoms with van der Waals surface area (Å²) < 4.78 is 63.1. The predicted molar refractivity (Wildman–Crippen MR) is 170 cm³/mol. The van der Waals surface area contributed by atoms with Gasteiger partial charge in [0.15, 0.2) is 5.76 Å². The van der Waals surface area contributed by atoms with Gasteiger partial charge >= 0.3 is 0 Å². The second-order valence-corrected chi connectivity index (χ2v) is 20.0. The van der Waals surface area contributed by atoms with E-state index < -0.39 is 35.3 Å². The van der Waals surface area contributed by atoms with E-state index in [2.05, 4.69) is 45.8 Å². The average Bonchev–Trinajstić information content (AvgIpc) is 3.57. The lowest BCUT2D eigenvalue weighted by atomic mass is 10.1. The maximum atomic E-state index is 14.5. The lowest BCUT2D eigenvalue weighted by Gasteiger charge is -2.31. The molecule has 14 heteroatoms. The van der Waals surface area contributed by atoms with E-state index >= 15 is 0 Å². The Labute approximate surface area is 260 Å². The number of rotatable bonds is 12. The van der Waals surface area contributed by atoms with Crippen LogP contribution in [0.1, 0.15) is 24.4 Å². The molecule has 0 aliphatic rings. The van der Waals surface area contributed by atoms with E-state index in [-0.39, 0.29) is 28.4 Å². The van der Waals surface area contributed by atoms with E-state index in [1.54, 1.807) is 41.8 Å². The molecular weight excluding hydrogens is 659 g/mol. The van der Waals surface area contributed by atoms with E-state index in [9.17, 15) is 17.9 Å². The summed E-state index contributed by atoms with van der Waals surface area (Å²) in [5.74, 6) is 1.44. The Kier molecular flexibility index (Phi) is 9.74. The number of nitrogens with zero attached hydrogens (tertiary/aromatic N) is 4. The molecule has 0 spiro atoms. The van der Waals surface area contributed by atoms with Crippen LogP contribution in [0, 0.1) is 12.7 Å². The summed E-state index contributed by atoms with van der Waals surface area (Å²) in [6, 6.07) is 13.0. The second-order valence-electron chi connectivity index (χ2n) is 11.3. The van der Waals surface area contributed by atoms with Crippen LogP contribution < -0.4 is 13.8 Å². The third kappa shape index (κ3) is 6.81. The molecule has 232 valence electrons. The minimum atomic E-state index is -4.33. The van der Waals surface area contributed by atoms with Gasteiger partial charge in [-0.15, -0.1) is 10.2 Å². The van der Waals surface area contributed by atoms with Gasteiger partial charge in [0.25, 0.3) is 0 Å². The summed E-state index contributed by atoms with van der Waals surface area (Å²) in [6.07, 6.45) is -1.49. The fourth-order valence-corrected chi connectivity index (χ4v) is 7.75. The highest BCUT2D eigenvalue weighted by Crippen LogP contribution is 2.40. The first-order chi connectivity index (χ1) is 20.2. The largest absolute Gasteiger partial charge is 0.494 e. The fourth-order valence-electron chi connectivity index (χ4n) is 4.55. The van der Waals surface area contributed by atoms with Gasteiger partial charge in [0.1, 0.15) is 34.0 Å². The van der Waals surface area contributed by atoms with E-state index in [1.165, 1.54) is 43.6 Å². The molecule has 43 heavy (non-hydrogen) atoms. The van der Waals surface area contributed by atoms with Crippen molar-refractivity contribution >= 4 is 40.0 Å². The Morgan fingerprint density at radius 2 is 1.74 bits per heavy atom. The molecular formula is C29H36BrFN4O6SSi. The molecule has 0 fully saturated rings. The van der Waals surface area contributed by atoms with E-state index in [1.807, 2.05) is 0 Å². The van der Waals surface area contributed by atoms with Gasteiger partial charge in [-0.3, -0.25) is 4.57 Å². The summed E-state index contributed by atoms with van der Waals surface area (Å²) in [5, 5.41) is 18.8. The first kappa shape index (κ1) is 32.7. The number of para-hydroxylation sites is 1. The number of sulfonamides is 1. The molecule has 0 unspecified atom stereocenters. The summed E-state index contributed by atoms with van der Waals surface area (Å²) in [7, 11) is -3.14. The quantitative estimate of drug-likeness (QED) is 0.170. The van der Waals surface area contributed by atoms with Gasteiger partial charge in [0, 0.05) is 19.1 Å². The molecule has 2 aromatic carbocycles. The molecule has 1 N–H and O–H groups in total. The van der Waals surface area contributed by atoms with Gasteiger partial charge in [-0.25, -0.2) is 17.1 Å². The molecule has 4 aromatic rings. The minimum absolute atomic E-state index is 0.0256. The number of ether oxygens (including phenoxy) is 2. The molecule has 10 nitrogen and oxygen atoms in total. The van der Waals surface area contributed by atoms with Crippen LogP contribution in [0.15, 0.2) is 57.4 Å². The number of aryl methyl sites for hydroxylation is 1. The van der Waals surface area contributed by atoms with Crippen molar-refractivity contribution < 1.29 is 31.8 Å². The van der Waals surface area contributed by atoms with Crippen molar-refractivity contribution in [3.8, 4) is 28.8 Å². The Bertz CT molecular complexity index is 1680. The number of halogens is 2. The number of furan rings is 1. The first-order valence-corrected chi connectivity index (χ1v) is 19.6. The van der Waals surface area contributed by atoms with Crippen molar-refractivity contribution in [3.63, 3.8) is 0 Å². The molecule has 2 heterocycles. The standard InChI is InChI=1S/C29H36BrFN4O6SSi/c1-18-11-14-25(41-18)28-32-33-29(35(28)26-23(39-3)9-8-10-24(26)40-4)34(15-16-43(5,6)7)42(37,38)19(2)27(36)21-13-12-20(31)17-22(21)30/h8-14,17,19,27,36H,15-16H2,1-7H3/t19-,27+/m0/s1. The molecule has 0 saturated carbocycles. The lowest BCUT2D eigenvalue weighted by molar-refractivity contribution is 0.175. The zero-order valence-corrected chi connectivity index (χ0v) is 28.5. The second kappa shape index (κ2) is 12.8. The molecule has 2 atom stereocenters. The van der Waals surface area contributed by atoms with Gasteiger partial charge in [-0.05, 0) is 61.9 Å². The molecule has 2 aromatic heterocycles. The van der Waals surface area contributed by atoms with Crippen LogP contribution in [0.25, 0.3) is 17.3 Å². The van der Waals surface area contributed by atoms with Crippen LogP contribution in [0.3, 0.4) is 0 Å². The predicted octanol–water partition coefficient (Wildman–Crippen LogP) is 6.35. The SMILES string of the molecule is COc1cccc(OC)c1-n1c(-c2ccc(C)o2)nnc1N(CC[Si](C)(C)C)S(=O)(=O)[C@@H](C)[C@@H](O)c1ccc(F)cc1Br. The van der Waals surface area contributed by atoms with Crippen LogP contribution in [0.2, 0.25) is 25.7 Å². The van der Waals surface area contributed by atoms with Crippen molar-refractivity contribution in [2.45, 2.75) is 50.9 Å². The Hall–Kier alpha value is -3.20. The Balaban J connectivity index is 1.97. The number of aliphatic hydroxyl groups is 1. The van der Waals surface area contributed by atoms with E-state index in [0.29, 0.717) is 34.8 Å². The zero-order chi connectivity index (χ0) is 31.7. The normalized spacial score (nSPS) is 13.5. The molecule has 0 saturated heterocycles. The van der Waals surface area contributed by atoms with E-state index in [4.69, 9.17) is 13.9 Å². The summed E-state index contributed by atoms with van der Waals surface area (Å²) in [4.78, 5) is 0. The number of anilines is 1. The summed E-state index contributed by atoms with van der Waals surface area (Å²) >= 11 is 3.26. The van der Waals surface area contributed by atoms with Crippen LogP contribution >= 0.6 is 15.9 Å². The summed E-state index contributed by atoms with van der Waals surface area (Å²) in [5.41, 5.74) is 0.612. The van der Waals surface area contributed by atoms with Crippen molar-refractivity contribution in [1.29, 1.82) is 0 Å². The van der Waals surface area contributed by atoms with Gasteiger partial charge in [-0.1, -0.05) is 47.7 Å². The zero-order valence-electron chi connectivity index (χ0n) is 25.1. The lowest BCUT2D eigenvalue weighted by Crippen LogP contribution is -2.44. The molecule has 0 amide bonds. The van der Waals surface area contributed by atoms with Crippen molar-refractivity contribution in [1.82, 2.24) is 14.8 Å². The summed E-state index contributed by atoms with van der Waals surface area (Å²) in [6.45, 7) is 9.69. The van der Waals surface area contributed by atoms with Gasteiger partial charge < -0.3 is 19.0 Å². The fraction of sp³-hybridized carbons (Fsp3) is 0.379. The molecule has 0 bridgehead atoms. The van der Waals surface area contributed by atoms with Gasteiger partial charge in [0.05, 0.1) is 20.3 Å². The topological polar surface area (TPSA) is 120 Å². The van der Waals surface area contributed by atoms with Crippen LogP contribution in [-0.4, -0.2) is 62.4 Å². The number of hydrogen-bond donors (Lipinski definition) is 1. The maximum absolute atomic E-state index is 14.5. The van der Waals surface area contributed by atoms with E-state index in [0.717, 1.165) is 0 Å². The van der Waals surface area contributed by atoms with Crippen molar-refractivity contribution in [2.75, 3.05) is 25.1 Å². The molecule has 0 aliphatic heterocycles. The van der Waals surface area contributed by atoms with Crippen LogP contribution in [-0.2, 0) is 10.0 Å². The highest BCUT2D eigenvalue weighted by Gasteiger charge is 2.40. The number of methoxy groups -OCH3 is 2. The first-order valence-electron chi connectivity index (χ1n) is 13.6. The average molecular weight is 696 g/mol. The third-order valence-corrected chi connectivity index (χ3v) is 11.6. The highest BCUT2D eigenvalue weighted by molar-refractivity contribution is 9.10. The number of benzene rings is 2. The highest BCUT2D eigenvalue weighted by atomic mass is 79.9. The maximum Gasteiger partial charge on any atom is 0.246 e. The number of hydrogen-bond acceptors (Lipinski definition) is 8. The van der Waals surface area contributed by atoms with Crippen LogP contribution in [0.5, 0.6) is 11.5 Å². The monoisotopic (exact) mass is 694 g/mol. The Morgan fingerprint density at radius 3 is 2.28 bits per heavy atom. The molecule has 0 aliphatic carbocycles. The number of aliphatic hydroxyl groups excluding tert-OH is 1. The smallest absolute Gasteiger partial charge is 0.246 e. The van der Waals surface area contributed by atoms with Gasteiger partial charge in [-0.2, -0.15) is 0 Å². The molecule has 0 radical (unpaired) electrons. The van der Waals surface area contributed by atoms with Crippen LogP contribution in [0.4, 0.5) is 10.3 Å². The minimum Gasteiger partial charge on any atom is -0.494 e. The number of aromatic nitrogens is 3. The third-order valence-electron chi connectivity index (χ3n) is 7.02. The molecule has 4 rings (SSSR count). The van der Waals surface area contributed by atoms with Crippen molar-refractivity contribution in [3.05, 3.63) is 70.1 Å². The van der Waals surface area contributed by atoms with Crippen molar-refractivity contribution in [2.24, 2.45) is 0 Å².